The average Bonchev–Trinajstić information content (AvgIpc) is 1.61. The van der Waals surface area contributed by atoms with Crippen molar-refractivity contribution in [3.05, 3.63) is 0 Å². The number of hydrogen-bond acceptors (Lipinski definition) is 4. The van der Waals surface area contributed by atoms with Crippen LogP contribution in [0.25, 0.3) is 0 Å². The van der Waals surface area contributed by atoms with Gasteiger partial charge in [-0.3, -0.25) is 9.11 Å². The van der Waals surface area contributed by atoms with Crippen LogP contribution in [0.5, 0.6) is 0 Å². The molecule has 0 saturated heterocycles. The largest absolute Gasteiger partial charge is 0.394 e. The van der Waals surface area contributed by atoms with E-state index in [9.17, 15) is 0 Å². The third-order valence-electron chi connectivity index (χ3n) is 0.204. The Bertz CT molecular complexity index is 193. The molecule has 0 radical (unpaired) electrons. The van der Waals surface area contributed by atoms with Crippen molar-refractivity contribution in [1.29, 1.82) is 5.26 Å². The first kappa shape index (κ1) is 12.0. The standard InChI is InChI=1S/C3H6N2.H2O4S/c1-3(5)2-4;1-5(2,3)4/h3H,5H2,1H3;(H2,1,2,3,4). The molecule has 0 aliphatic carbocycles. The van der Waals surface area contributed by atoms with Crippen LogP contribution < -0.4 is 5.73 Å². The SMILES string of the molecule is CC(N)C#N.O=S(=O)(O)O. The van der Waals surface area contributed by atoms with Crippen LogP contribution in [0.15, 0.2) is 0 Å². The lowest BCUT2D eigenvalue weighted by Crippen LogP contribution is -2.09. The van der Waals surface area contributed by atoms with Crippen molar-refractivity contribution >= 4 is 10.4 Å². The maximum absolute atomic E-state index is 8.74. The highest BCUT2D eigenvalue weighted by atomic mass is 32.3. The molecule has 1 unspecified atom stereocenters. The summed E-state index contributed by atoms with van der Waals surface area (Å²) < 4.78 is 31.6. The maximum Gasteiger partial charge on any atom is 0.394 e. The van der Waals surface area contributed by atoms with E-state index in [0.717, 1.165) is 0 Å². The molecule has 0 aromatic heterocycles. The Hall–Kier alpha value is -0.680. The highest BCUT2D eigenvalue weighted by molar-refractivity contribution is 7.79. The smallest absolute Gasteiger partial charge is 0.316 e. The molecular weight excluding hydrogens is 160 g/mol. The topological polar surface area (TPSA) is 124 Å². The summed E-state index contributed by atoms with van der Waals surface area (Å²) in [5.74, 6) is 0. The van der Waals surface area contributed by atoms with E-state index in [4.69, 9.17) is 28.5 Å². The Labute approximate surface area is 58.8 Å². The molecule has 0 saturated carbocycles. The van der Waals surface area contributed by atoms with Crippen molar-refractivity contribution in [1.82, 2.24) is 0 Å². The molecule has 0 bridgehead atoms. The van der Waals surface area contributed by atoms with Crippen LogP contribution in [0.3, 0.4) is 0 Å². The lowest BCUT2D eigenvalue weighted by Gasteiger charge is -1.78. The zero-order valence-electron chi connectivity index (χ0n) is 5.22. The molecule has 0 aliphatic heterocycles. The summed E-state index contributed by atoms with van der Waals surface area (Å²) >= 11 is 0. The minimum absolute atomic E-state index is 0.310. The Balaban J connectivity index is 0. The second kappa shape index (κ2) is 5.13. The fourth-order valence-electron chi connectivity index (χ4n) is 0. The highest BCUT2D eigenvalue weighted by Crippen LogP contribution is 1.60. The van der Waals surface area contributed by atoms with Crippen molar-refractivity contribution in [3.63, 3.8) is 0 Å². The molecule has 0 rings (SSSR count). The Morgan fingerprint density at radius 2 is 1.70 bits per heavy atom. The zero-order valence-corrected chi connectivity index (χ0v) is 6.04. The Morgan fingerprint density at radius 1 is 1.60 bits per heavy atom. The van der Waals surface area contributed by atoms with Crippen molar-refractivity contribution < 1.29 is 17.5 Å². The molecule has 6 nitrogen and oxygen atoms in total. The molecule has 60 valence electrons. The first-order valence-corrected chi connectivity index (χ1v) is 3.52. The molecule has 0 aromatic carbocycles. The van der Waals surface area contributed by atoms with E-state index in [2.05, 4.69) is 0 Å². The molecule has 0 spiro atoms. The number of rotatable bonds is 0. The molecule has 0 amide bonds. The minimum Gasteiger partial charge on any atom is -0.316 e. The van der Waals surface area contributed by atoms with Gasteiger partial charge in [0.1, 0.15) is 0 Å². The fraction of sp³-hybridized carbons (Fsp3) is 0.667. The van der Waals surface area contributed by atoms with Crippen molar-refractivity contribution in [2.24, 2.45) is 5.73 Å². The van der Waals surface area contributed by atoms with Crippen LogP contribution in [0.1, 0.15) is 6.92 Å². The summed E-state index contributed by atoms with van der Waals surface area (Å²) in [6.07, 6.45) is 0. The van der Waals surface area contributed by atoms with Gasteiger partial charge in [0.15, 0.2) is 0 Å². The molecule has 1 atom stereocenters. The van der Waals surface area contributed by atoms with E-state index in [1.165, 1.54) is 0 Å². The van der Waals surface area contributed by atoms with E-state index in [-0.39, 0.29) is 6.04 Å². The molecule has 10 heavy (non-hydrogen) atoms. The molecule has 0 fully saturated rings. The molecule has 0 aliphatic rings. The van der Waals surface area contributed by atoms with Gasteiger partial charge in [0.05, 0.1) is 12.1 Å². The summed E-state index contributed by atoms with van der Waals surface area (Å²) in [5, 5.41) is 7.77. The first-order chi connectivity index (χ1) is 4.27. The van der Waals surface area contributed by atoms with Gasteiger partial charge in [0.25, 0.3) is 0 Å². The van der Waals surface area contributed by atoms with Gasteiger partial charge in [-0.25, -0.2) is 0 Å². The van der Waals surface area contributed by atoms with Gasteiger partial charge < -0.3 is 5.73 Å². The van der Waals surface area contributed by atoms with E-state index >= 15 is 0 Å². The summed E-state index contributed by atoms with van der Waals surface area (Å²) in [4.78, 5) is 0. The fourth-order valence-corrected chi connectivity index (χ4v) is 0. The monoisotopic (exact) mass is 168 g/mol. The van der Waals surface area contributed by atoms with E-state index in [0.29, 0.717) is 0 Å². The van der Waals surface area contributed by atoms with Gasteiger partial charge >= 0.3 is 10.4 Å². The molecule has 0 aromatic rings. The number of nitriles is 1. The predicted molar refractivity (Wildman–Crippen MR) is 33.4 cm³/mol. The van der Waals surface area contributed by atoms with E-state index < -0.39 is 10.4 Å². The van der Waals surface area contributed by atoms with Crippen LogP contribution in [0, 0.1) is 11.3 Å². The minimum atomic E-state index is -4.67. The van der Waals surface area contributed by atoms with Crippen LogP contribution in [-0.2, 0) is 10.4 Å². The molecule has 4 N–H and O–H groups in total. The first-order valence-electron chi connectivity index (χ1n) is 2.12. The van der Waals surface area contributed by atoms with Gasteiger partial charge in [-0.05, 0) is 6.92 Å². The van der Waals surface area contributed by atoms with Gasteiger partial charge in [-0.2, -0.15) is 13.7 Å². The van der Waals surface area contributed by atoms with Crippen LogP contribution in [-0.4, -0.2) is 23.6 Å². The lowest BCUT2D eigenvalue weighted by atomic mass is 10.4. The Kier molecular flexibility index (Phi) is 6.18. The Morgan fingerprint density at radius 3 is 1.70 bits per heavy atom. The number of nitrogens with zero attached hydrogens (tertiary/aromatic N) is 1. The molecule has 7 heteroatoms. The molecular formula is C3H8N2O4S. The van der Waals surface area contributed by atoms with E-state index in [1.54, 1.807) is 13.0 Å². The summed E-state index contributed by atoms with van der Waals surface area (Å²) in [6.45, 7) is 1.64. The summed E-state index contributed by atoms with van der Waals surface area (Å²) in [6, 6.07) is 1.50. The normalized spacial score (nSPS) is 12.3. The second-order valence-corrected chi connectivity index (χ2v) is 2.26. The van der Waals surface area contributed by atoms with E-state index in [1.807, 2.05) is 0 Å². The van der Waals surface area contributed by atoms with Gasteiger partial charge in [0, 0.05) is 0 Å². The third-order valence-corrected chi connectivity index (χ3v) is 0.204. The van der Waals surface area contributed by atoms with Crippen LogP contribution in [0.2, 0.25) is 0 Å². The third kappa shape index (κ3) is 168. The zero-order chi connectivity index (χ0) is 8.78. The number of nitrogens with two attached hydrogens (primary N) is 1. The van der Waals surface area contributed by atoms with Crippen molar-refractivity contribution in [2.75, 3.05) is 0 Å². The van der Waals surface area contributed by atoms with Gasteiger partial charge in [-0.15, -0.1) is 0 Å². The number of hydrogen-bond donors (Lipinski definition) is 3. The average molecular weight is 168 g/mol. The van der Waals surface area contributed by atoms with Gasteiger partial charge in [-0.1, -0.05) is 0 Å². The second-order valence-electron chi connectivity index (χ2n) is 1.37. The van der Waals surface area contributed by atoms with Crippen molar-refractivity contribution in [2.45, 2.75) is 13.0 Å². The highest BCUT2D eigenvalue weighted by Gasteiger charge is 1.84. The van der Waals surface area contributed by atoms with Gasteiger partial charge in [0.2, 0.25) is 0 Å². The lowest BCUT2D eigenvalue weighted by molar-refractivity contribution is 0.381. The summed E-state index contributed by atoms with van der Waals surface area (Å²) in [7, 11) is -4.67. The van der Waals surface area contributed by atoms with Crippen LogP contribution in [0.4, 0.5) is 0 Å². The maximum atomic E-state index is 8.74. The summed E-state index contributed by atoms with van der Waals surface area (Å²) in [5.41, 5.74) is 4.93. The van der Waals surface area contributed by atoms with Crippen molar-refractivity contribution in [3.8, 4) is 6.07 Å². The predicted octanol–water partition coefficient (Wildman–Crippen LogP) is -0.796. The quantitative estimate of drug-likeness (QED) is 0.407. The van der Waals surface area contributed by atoms with Crippen LogP contribution >= 0.6 is 0 Å². The molecule has 0 heterocycles.